The normalized spacial score (nSPS) is 30.7. The van der Waals surface area contributed by atoms with Crippen LogP contribution in [0.2, 0.25) is 0 Å². The molecule has 0 radical (unpaired) electrons. The van der Waals surface area contributed by atoms with Crippen LogP contribution in [0.5, 0.6) is 0 Å². The maximum Gasteiger partial charge on any atom is 0.323 e. The lowest BCUT2D eigenvalue weighted by Gasteiger charge is -2.26. The Morgan fingerprint density at radius 3 is 2.89 bits per heavy atom. The molecule has 1 aromatic heterocycles. The lowest BCUT2D eigenvalue weighted by molar-refractivity contribution is -0.144. The molecule has 0 aliphatic heterocycles. The van der Waals surface area contributed by atoms with Crippen molar-refractivity contribution in [2.75, 3.05) is 0 Å². The predicted octanol–water partition coefficient (Wildman–Crippen LogP) is 2.81. The Kier molecular flexibility index (Phi) is 3.35. The first-order valence-corrected chi connectivity index (χ1v) is 7.69. The molecule has 2 N–H and O–H groups in total. The maximum absolute atomic E-state index is 11.6. The third-order valence-corrected chi connectivity index (χ3v) is 5.45. The monoisotopic (exact) mass is 281 g/mol. The van der Waals surface area contributed by atoms with Crippen LogP contribution in [0.4, 0.5) is 0 Å². The fourth-order valence-electron chi connectivity index (χ4n) is 2.78. The second kappa shape index (κ2) is 4.87. The average molecular weight is 281 g/mol. The Hall–Kier alpha value is -0.940. The third kappa shape index (κ3) is 2.67. The molecule has 19 heavy (non-hydrogen) atoms. The van der Waals surface area contributed by atoms with Gasteiger partial charge in [0.05, 0.1) is 6.26 Å². The molecule has 1 aromatic rings. The Morgan fingerprint density at radius 2 is 2.32 bits per heavy atom. The summed E-state index contributed by atoms with van der Waals surface area (Å²) in [6, 6.07) is 2.39. The van der Waals surface area contributed by atoms with Gasteiger partial charge in [0.2, 0.25) is 0 Å². The lowest BCUT2D eigenvalue weighted by Crippen LogP contribution is -2.51. The van der Waals surface area contributed by atoms with E-state index in [0.717, 1.165) is 36.3 Å². The number of aliphatic carboxylic acids is 1. The summed E-state index contributed by atoms with van der Waals surface area (Å²) in [6.45, 7) is 1.95. The van der Waals surface area contributed by atoms with Gasteiger partial charge in [-0.05, 0) is 45.1 Å². The summed E-state index contributed by atoms with van der Waals surface area (Å²) in [7, 11) is 0. The first-order chi connectivity index (χ1) is 9.09. The molecular formula is C14H19NO3S. The van der Waals surface area contributed by atoms with Crippen LogP contribution < -0.4 is 5.32 Å². The Bertz CT molecular complexity index is 483. The van der Waals surface area contributed by atoms with E-state index < -0.39 is 11.5 Å². The van der Waals surface area contributed by atoms with E-state index in [9.17, 15) is 9.90 Å². The number of rotatable bonds is 5. The van der Waals surface area contributed by atoms with Gasteiger partial charge < -0.3 is 9.52 Å². The number of thioether (sulfide) groups is 1. The number of hydrogen-bond acceptors (Lipinski definition) is 4. The van der Waals surface area contributed by atoms with Crippen molar-refractivity contribution in [3.63, 3.8) is 0 Å². The van der Waals surface area contributed by atoms with Gasteiger partial charge in [0, 0.05) is 16.2 Å². The van der Waals surface area contributed by atoms with Gasteiger partial charge in [0.25, 0.3) is 0 Å². The zero-order valence-electron chi connectivity index (χ0n) is 11.0. The van der Waals surface area contributed by atoms with Crippen molar-refractivity contribution < 1.29 is 14.3 Å². The molecule has 2 aliphatic rings. The standard InChI is InChI=1S/C14H19NO3S/c1-9-12(5-7-18-9)19-11-4-6-14(8-11,13(16)17)15-10-2-3-10/h5,7,10-11,15H,2-4,6,8H2,1H3,(H,16,17). The Labute approximate surface area is 116 Å². The van der Waals surface area contributed by atoms with Gasteiger partial charge in [-0.3, -0.25) is 10.1 Å². The Balaban J connectivity index is 1.67. The van der Waals surface area contributed by atoms with E-state index in [-0.39, 0.29) is 0 Å². The summed E-state index contributed by atoms with van der Waals surface area (Å²) in [5.74, 6) is 0.236. The lowest BCUT2D eigenvalue weighted by atomic mass is 9.98. The van der Waals surface area contributed by atoms with Crippen LogP contribution in [-0.2, 0) is 4.79 Å². The van der Waals surface area contributed by atoms with Crippen LogP contribution in [0.1, 0.15) is 37.9 Å². The molecule has 1 heterocycles. The highest BCUT2D eigenvalue weighted by atomic mass is 32.2. The zero-order valence-corrected chi connectivity index (χ0v) is 11.8. The molecule has 2 atom stereocenters. The number of aryl methyl sites for hydroxylation is 1. The van der Waals surface area contributed by atoms with E-state index in [1.807, 2.05) is 13.0 Å². The molecule has 104 valence electrons. The van der Waals surface area contributed by atoms with Crippen LogP contribution in [0.15, 0.2) is 21.6 Å². The highest BCUT2D eigenvalue weighted by Gasteiger charge is 2.48. The zero-order chi connectivity index (χ0) is 13.5. The van der Waals surface area contributed by atoms with Crippen LogP contribution in [-0.4, -0.2) is 27.9 Å². The molecule has 0 saturated heterocycles. The molecule has 2 unspecified atom stereocenters. The fraction of sp³-hybridized carbons (Fsp3) is 0.643. The van der Waals surface area contributed by atoms with Crippen molar-refractivity contribution in [2.45, 2.75) is 60.8 Å². The average Bonchev–Trinajstić information content (AvgIpc) is 2.93. The second-order valence-corrected chi connectivity index (χ2v) is 6.97. The number of carboxylic acids is 1. The van der Waals surface area contributed by atoms with E-state index in [1.54, 1.807) is 18.0 Å². The molecule has 0 amide bonds. The van der Waals surface area contributed by atoms with E-state index in [4.69, 9.17) is 4.42 Å². The number of carboxylic acid groups (broad SMARTS) is 1. The van der Waals surface area contributed by atoms with Crippen molar-refractivity contribution in [1.29, 1.82) is 0 Å². The molecular weight excluding hydrogens is 262 g/mol. The SMILES string of the molecule is Cc1occc1SC1CCC(NC2CC2)(C(=O)O)C1. The van der Waals surface area contributed by atoms with E-state index in [1.165, 1.54) is 0 Å². The summed E-state index contributed by atoms with van der Waals surface area (Å²) in [6.07, 6.45) is 6.31. The summed E-state index contributed by atoms with van der Waals surface area (Å²) >= 11 is 1.75. The molecule has 0 spiro atoms. The smallest absolute Gasteiger partial charge is 0.323 e. The van der Waals surface area contributed by atoms with Gasteiger partial charge in [0.15, 0.2) is 0 Å². The van der Waals surface area contributed by atoms with Crippen LogP contribution in [0.3, 0.4) is 0 Å². The van der Waals surface area contributed by atoms with Crippen molar-refractivity contribution in [3.8, 4) is 0 Å². The highest BCUT2D eigenvalue weighted by molar-refractivity contribution is 8.00. The minimum Gasteiger partial charge on any atom is -0.480 e. The van der Waals surface area contributed by atoms with Gasteiger partial charge in [-0.25, -0.2) is 0 Å². The summed E-state index contributed by atoms with van der Waals surface area (Å²) in [5.41, 5.74) is -0.698. The predicted molar refractivity (Wildman–Crippen MR) is 73.5 cm³/mol. The van der Waals surface area contributed by atoms with Crippen molar-refractivity contribution in [2.24, 2.45) is 0 Å². The highest BCUT2D eigenvalue weighted by Crippen LogP contribution is 2.42. The number of furan rings is 1. The number of nitrogens with one attached hydrogen (secondary N) is 1. The van der Waals surface area contributed by atoms with Crippen LogP contribution in [0, 0.1) is 6.92 Å². The first-order valence-electron chi connectivity index (χ1n) is 6.81. The first kappa shape index (κ1) is 13.1. The number of hydrogen-bond donors (Lipinski definition) is 2. The Morgan fingerprint density at radius 1 is 1.53 bits per heavy atom. The second-order valence-electron chi connectivity index (χ2n) is 5.63. The topological polar surface area (TPSA) is 62.5 Å². The van der Waals surface area contributed by atoms with Crippen LogP contribution in [0.25, 0.3) is 0 Å². The van der Waals surface area contributed by atoms with Gasteiger partial charge in [-0.2, -0.15) is 0 Å². The largest absolute Gasteiger partial charge is 0.480 e. The van der Waals surface area contributed by atoms with E-state index >= 15 is 0 Å². The minimum absolute atomic E-state index is 0.360. The molecule has 2 saturated carbocycles. The summed E-state index contributed by atoms with van der Waals surface area (Å²) in [4.78, 5) is 12.7. The van der Waals surface area contributed by atoms with Gasteiger partial charge >= 0.3 is 5.97 Å². The molecule has 2 fully saturated rings. The van der Waals surface area contributed by atoms with E-state index in [0.29, 0.717) is 17.7 Å². The van der Waals surface area contributed by atoms with Gasteiger partial charge in [-0.1, -0.05) is 0 Å². The maximum atomic E-state index is 11.6. The van der Waals surface area contributed by atoms with Gasteiger partial charge in [0.1, 0.15) is 11.3 Å². The summed E-state index contributed by atoms with van der Waals surface area (Å²) < 4.78 is 5.30. The van der Waals surface area contributed by atoms with Crippen molar-refractivity contribution in [3.05, 3.63) is 18.1 Å². The summed E-state index contributed by atoms with van der Waals surface area (Å²) in [5, 5.41) is 13.3. The fourth-order valence-corrected chi connectivity index (χ4v) is 4.09. The molecule has 0 bridgehead atoms. The minimum atomic E-state index is -0.698. The molecule has 0 aromatic carbocycles. The van der Waals surface area contributed by atoms with Crippen molar-refractivity contribution >= 4 is 17.7 Å². The molecule has 2 aliphatic carbocycles. The van der Waals surface area contributed by atoms with E-state index in [2.05, 4.69) is 5.32 Å². The molecule has 5 heteroatoms. The number of carbonyl (C=O) groups is 1. The van der Waals surface area contributed by atoms with Gasteiger partial charge in [-0.15, -0.1) is 11.8 Å². The quantitative estimate of drug-likeness (QED) is 0.869. The van der Waals surface area contributed by atoms with Crippen LogP contribution >= 0.6 is 11.8 Å². The molecule has 3 rings (SSSR count). The third-order valence-electron chi connectivity index (χ3n) is 4.04. The van der Waals surface area contributed by atoms with Crippen molar-refractivity contribution in [1.82, 2.24) is 5.32 Å². The molecule has 4 nitrogen and oxygen atoms in total.